The van der Waals surface area contributed by atoms with Gasteiger partial charge < -0.3 is 9.84 Å². The van der Waals surface area contributed by atoms with Gasteiger partial charge in [-0.1, -0.05) is 6.07 Å². The van der Waals surface area contributed by atoms with Gasteiger partial charge >= 0.3 is 5.97 Å². The molecule has 0 radical (unpaired) electrons. The van der Waals surface area contributed by atoms with Crippen molar-refractivity contribution in [3.8, 4) is 11.8 Å². The highest BCUT2D eigenvalue weighted by Crippen LogP contribution is 2.40. The molecule has 1 aromatic carbocycles. The Bertz CT molecular complexity index is 475. The van der Waals surface area contributed by atoms with E-state index < -0.39 is 11.4 Å². The first-order valence-corrected chi connectivity index (χ1v) is 4.49. The van der Waals surface area contributed by atoms with Gasteiger partial charge in [0.15, 0.2) is 0 Å². The summed E-state index contributed by atoms with van der Waals surface area (Å²) in [6, 6.07) is 6.97. The molecule has 0 fully saturated rings. The normalized spacial score (nSPS) is 22.7. The molecule has 1 aliphatic heterocycles. The number of nitriles is 1. The van der Waals surface area contributed by atoms with Crippen molar-refractivity contribution in [2.45, 2.75) is 12.3 Å². The van der Waals surface area contributed by atoms with Crippen LogP contribution in [0.4, 0.5) is 0 Å². The molecular formula is C11H9NO3. The van der Waals surface area contributed by atoms with Crippen LogP contribution in [0.5, 0.6) is 5.75 Å². The fraction of sp³-hybridized carbons (Fsp3) is 0.273. The minimum absolute atomic E-state index is 0.0797. The summed E-state index contributed by atoms with van der Waals surface area (Å²) < 4.78 is 5.29. The second kappa shape index (κ2) is 2.99. The molecule has 0 spiro atoms. The van der Waals surface area contributed by atoms with E-state index in [9.17, 15) is 4.79 Å². The molecule has 0 bridgehead atoms. The molecule has 4 nitrogen and oxygen atoms in total. The molecule has 15 heavy (non-hydrogen) atoms. The molecule has 76 valence electrons. The lowest BCUT2D eigenvalue weighted by atomic mass is 9.82. The summed E-state index contributed by atoms with van der Waals surface area (Å²) in [5.41, 5.74) is -0.253. The smallest absolute Gasteiger partial charge is 0.317 e. The van der Waals surface area contributed by atoms with E-state index in [1.807, 2.05) is 6.07 Å². The summed E-state index contributed by atoms with van der Waals surface area (Å²) in [5.74, 6) is -0.470. The SMILES string of the molecule is CC1(C(=O)O)COc2cccc(C#N)c21. The zero-order valence-electron chi connectivity index (χ0n) is 8.15. The predicted molar refractivity (Wildman–Crippen MR) is 51.6 cm³/mol. The molecule has 1 aliphatic rings. The summed E-state index contributed by atoms with van der Waals surface area (Å²) in [6.07, 6.45) is 0. The van der Waals surface area contributed by atoms with Gasteiger partial charge in [-0.05, 0) is 19.1 Å². The van der Waals surface area contributed by atoms with E-state index in [0.29, 0.717) is 16.9 Å². The molecule has 1 unspecified atom stereocenters. The lowest BCUT2D eigenvalue weighted by Gasteiger charge is -2.17. The average Bonchev–Trinajstić information content (AvgIpc) is 2.58. The van der Waals surface area contributed by atoms with Gasteiger partial charge in [0.05, 0.1) is 11.6 Å². The fourth-order valence-electron chi connectivity index (χ4n) is 1.78. The summed E-state index contributed by atoms with van der Waals surface area (Å²) >= 11 is 0. The first-order chi connectivity index (χ1) is 7.09. The van der Waals surface area contributed by atoms with Crippen molar-refractivity contribution in [1.82, 2.24) is 0 Å². The molecular weight excluding hydrogens is 194 g/mol. The van der Waals surface area contributed by atoms with Crippen molar-refractivity contribution in [2.75, 3.05) is 6.61 Å². The third kappa shape index (κ3) is 1.17. The van der Waals surface area contributed by atoms with Crippen molar-refractivity contribution in [1.29, 1.82) is 5.26 Å². The van der Waals surface area contributed by atoms with Gasteiger partial charge in [-0.25, -0.2) is 0 Å². The van der Waals surface area contributed by atoms with Crippen LogP contribution in [0.25, 0.3) is 0 Å². The number of nitrogens with zero attached hydrogens (tertiary/aromatic N) is 1. The van der Waals surface area contributed by atoms with Crippen molar-refractivity contribution in [3.05, 3.63) is 29.3 Å². The van der Waals surface area contributed by atoms with E-state index in [0.717, 1.165) is 0 Å². The lowest BCUT2D eigenvalue weighted by Crippen LogP contribution is -2.34. The highest BCUT2D eigenvalue weighted by atomic mass is 16.5. The third-order valence-corrected chi connectivity index (χ3v) is 2.69. The third-order valence-electron chi connectivity index (χ3n) is 2.69. The number of carboxylic acid groups (broad SMARTS) is 1. The molecule has 4 heteroatoms. The van der Waals surface area contributed by atoms with Crippen molar-refractivity contribution in [2.24, 2.45) is 0 Å². The van der Waals surface area contributed by atoms with E-state index >= 15 is 0 Å². The number of hydrogen-bond acceptors (Lipinski definition) is 3. The minimum atomic E-state index is -1.11. The molecule has 1 atom stereocenters. The second-order valence-electron chi connectivity index (χ2n) is 3.72. The number of rotatable bonds is 1. The quantitative estimate of drug-likeness (QED) is 0.746. The Kier molecular flexibility index (Phi) is 1.90. The van der Waals surface area contributed by atoms with Crippen LogP contribution < -0.4 is 4.74 Å². The summed E-state index contributed by atoms with van der Waals surface area (Å²) in [7, 11) is 0. The topological polar surface area (TPSA) is 70.3 Å². The Morgan fingerprint density at radius 3 is 3.00 bits per heavy atom. The maximum Gasteiger partial charge on any atom is 0.317 e. The number of fused-ring (bicyclic) bond motifs is 1. The van der Waals surface area contributed by atoms with Crippen molar-refractivity contribution >= 4 is 5.97 Å². The van der Waals surface area contributed by atoms with Gasteiger partial charge in [-0.2, -0.15) is 5.26 Å². The largest absolute Gasteiger partial charge is 0.492 e. The van der Waals surface area contributed by atoms with Crippen molar-refractivity contribution in [3.63, 3.8) is 0 Å². The molecule has 0 aromatic heterocycles. The van der Waals surface area contributed by atoms with E-state index in [2.05, 4.69) is 0 Å². The Morgan fingerprint density at radius 2 is 2.40 bits per heavy atom. The van der Waals surface area contributed by atoms with Gasteiger partial charge in [0.25, 0.3) is 0 Å². The Morgan fingerprint density at radius 1 is 1.67 bits per heavy atom. The number of ether oxygens (including phenoxy) is 1. The van der Waals surface area contributed by atoms with E-state index in [1.165, 1.54) is 0 Å². The first-order valence-electron chi connectivity index (χ1n) is 4.49. The number of carbonyl (C=O) groups is 1. The standard InChI is InChI=1S/C11H9NO3/c1-11(10(13)14)6-15-8-4-2-3-7(5-12)9(8)11/h2-4H,6H2,1H3,(H,13,14). The first kappa shape index (κ1) is 9.53. The zero-order valence-corrected chi connectivity index (χ0v) is 8.15. The fourth-order valence-corrected chi connectivity index (χ4v) is 1.78. The molecule has 2 rings (SSSR count). The van der Waals surface area contributed by atoms with Crippen LogP contribution in [-0.2, 0) is 10.2 Å². The molecule has 0 amide bonds. The second-order valence-corrected chi connectivity index (χ2v) is 3.72. The molecule has 1 N–H and O–H groups in total. The number of hydrogen-bond donors (Lipinski definition) is 1. The summed E-state index contributed by atoms with van der Waals surface area (Å²) in [5, 5.41) is 18.1. The van der Waals surface area contributed by atoms with Gasteiger partial charge in [-0.15, -0.1) is 0 Å². The Labute approximate surface area is 86.7 Å². The molecule has 1 heterocycles. The van der Waals surface area contributed by atoms with Crippen LogP contribution in [0.3, 0.4) is 0 Å². The van der Waals surface area contributed by atoms with Crippen LogP contribution in [0.15, 0.2) is 18.2 Å². The molecule has 0 saturated carbocycles. The predicted octanol–water partition coefficient (Wildman–Crippen LogP) is 1.29. The molecule has 1 aromatic rings. The number of carboxylic acids is 1. The van der Waals surface area contributed by atoms with Gasteiger partial charge in [0, 0.05) is 5.56 Å². The van der Waals surface area contributed by atoms with E-state index in [4.69, 9.17) is 15.1 Å². The minimum Gasteiger partial charge on any atom is -0.492 e. The van der Waals surface area contributed by atoms with E-state index in [1.54, 1.807) is 25.1 Å². The molecule has 0 aliphatic carbocycles. The van der Waals surface area contributed by atoms with Crippen LogP contribution in [0.1, 0.15) is 18.1 Å². The van der Waals surface area contributed by atoms with Gasteiger partial charge in [0.2, 0.25) is 0 Å². The number of benzene rings is 1. The van der Waals surface area contributed by atoms with E-state index in [-0.39, 0.29) is 6.61 Å². The monoisotopic (exact) mass is 203 g/mol. The lowest BCUT2D eigenvalue weighted by molar-refractivity contribution is -0.143. The maximum absolute atomic E-state index is 11.2. The van der Waals surface area contributed by atoms with Crippen LogP contribution >= 0.6 is 0 Å². The highest BCUT2D eigenvalue weighted by molar-refractivity contribution is 5.84. The van der Waals surface area contributed by atoms with Crippen LogP contribution in [0.2, 0.25) is 0 Å². The van der Waals surface area contributed by atoms with Gasteiger partial charge in [-0.3, -0.25) is 4.79 Å². The maximum atomic E-state index is 11.2. The highest BCUT2D eigenvalue weighted by Gasteiger charge is 2.45. The average molecular weight is 203 g/mol. The van der Waals surface area contributed by atoms with Crippen LogP contribution in [0, 0.1) is 11.3 Å². The van der Waals surface area contributed by atoms with Crippen molar-refractivity contribution < 1.29 is 14.6 Å². The molecule has 0 saturated heterocycles. The summed E-state index contributed by atoms with van der Waals surface area (Å²) in [4.78, 5) is 11.2. The number of aliphatic carboxylic acids is 1. The summed E-state index contributed by atoms with van der Waals surface area (Å²) in [6.45, 7) is 1.65. The zero-order chi connectivity index (χ0) is 11.1. The van der Waals surface area contributed by atoms with Crippen LogP contribution in [-0.4, -0.2) is 17.7 Å². The Balaban J connectivity index is 2.69. The van der Waals surface area contributed by atoms with Gasteiger partial charge in [0.1, 0.15) is 17.8 Å². The Hall–Kier alpha value is -2.02.